The van der Waals surface area contributed by atoms with Gasteiger partial charge >= 0.3 is 0 Å². The molecule has 0 bridgehead atoms. The highest BCUT2D eigenvalue weighted by atomic mass is 127. The van der Waals surface area contributed by atoms with Gasteiger partial charge in [-0.05, 0) is 12.3 Å². The van der Waals surface area contributed by atoms with Gasteiger partial charge in [0.25, 0.3) is 0 Å². The fourth-order valence-corrected chi connectivity index (χ4v) is 1.08. The van der Waals surface area contributed by atoms with Crippen molar-refractivity contribution in [2.45, 2.75) is 17.3 Å². The lowest BCUT2D eigenvalue weighted by Crippen LogP contribution is -1.59. The second-order valence-electron chi connectivity index (χ2n) is 1.73. The Morgan fingerprint density at radius 3 is 2.00 bits per heavy atom. The van der Waals surface area contributed by atoms with Gasteiger partial charge < -0.3 is 0 Å². The van der Waals surface area contributed by atoms with Crippen LogP contribution in [0.3, 0.4) is 0 Å². The first-order valence-electron chi connectivity index (χ1n) is 1.95. The van der Waals surface area contributed by atoms with E-state index in [2.05, 4.69) is 29.5 Å². The van der Waals surface area contributed by atoms with Gasteiger partial charge in [0.2, 0.25) is 0 Å². The summed E-state index contributed by atoms with van der Waals surface area (Å²) in [6, 6.07) is 0. The van der Waals surface area contributed by atoms with Gasteiger partial charge in [-0.25, -0.2) is 0 Å². The predicted octanol–water partition coefficient (Wildman–Crippen LogP) is 1.83. The van der Waals surface area contributed by atoms with Crippen LogP contribution in [-0.2, 0) is 0 Å². The van der Waals surface area contributed by atoms with E-state index in [-0.39, 0.29) is 0 Å². The van der Waals surface area contributed by atoms with Crippen molar-refractivity contribution in [3.63, 3.8) is 0 Å². The zero-order valence-corrected chi connectivity index (χ0v) is 5.40. The molecule has 1 heteroatoms. The Bertz CT molecular complexity index is 36.9. The zero-order chi connectivity index (χ0) is 3.86. The van der Waals surface area contributed by atoms with Crippen LogP contribution in [0.5, 0.6) is 0 Å². The largest absolute Gasteiger partial charge is 0.0823 e. The van der Waals surface area contributed by atoms with Crippen LogP contribution >= 0.6 is 22.6 Å². The number of halogens is 1. The molecule has 0 aromatic rings. The van der Waals surface area contributed by atoms with Gasteiger partial charge in [-0.2, -0.15) is 0 Å². The summed E-state index contributed by atoms with van der Waals surface area (Å²) in [7, 11) is 0. The molecule has 1 saturated carbocycles. The zero-order valence-electron chi connectivity index (χ0n) is 3.24. The van der Waals surface area contributed by atoms with Gasteiger partial charge in [-0.3, -0.25) is 0 Å². The molecular formula is C4H7I. The molecule has 5 heavy (non-hydrogen) atoms. The smallest absolute Gasteiger partial charge is 0.0138 e. The second kappa shape index (κ2) is 1.10. The first-order chi connectivity index (χ1) is 2.30. The molecular weight excluding hydrogens is 175 g/mol. The van der Waals surface area contributed by atoms with Crippen LogP contribution in [0.25, 0.3) is 0 Å². The van der Waals surface area contributed by atoms with Crippen molar-refractivity contribution in [1.29, 1.82) is 0 Å². The van der Waals surface area contributed by atoms with E-state index in [1.165, 1.54) is 6.42 Å². The van der Waals surface area contributed by atoms with Crippen LogP contribution in [0, 0.1) is 5.92 Å². The quantitative estimate of drug-likeness (QED) is 0.396. The summed E-state index contributed by atoms with van der Waals surface area (Å²) >= 11 is 2.48. The average molecular weight is 182 g/mol. The van der Waals surface area contributed by atoms with Gasteiger partial charge in [0, 0.05) is 3.92 Å². The molecule has 0 N–H and O–H groups in total. The Balaban J connectivity index is 2.20. The molecule has 0 spiro atoms. The molecule has 2 unspecified atom stereocenters. The van der Waals surface area contributed by atoms with Crippen molar-refractivity contribution in [3.05, 3.63) is 0 Å². The van der Waals surface area contributed by atoms with E-state index in [1.807, 2.05) is 0 Å². The van der Waals surface area contributed by atoms with E-state index in [1.54, 1.807) is 0 Å². The Morgan fingerprint density at radius 1 is 1.80 bits per heavy atom. The number of hydrogen-bond donors (Lipinski definition) is 0. The summed E-state index contributed by atoms with van der Waals surface area (Å²) in [4.78, 5) is 0. The molecule has 0 heterocycles. The van der Waals surface area contributed by atoms with Crippen molar-refractivity contribution < 1.29 is 0 Å². The van der Waals surface area contributed by atoms with Crippen molar-refractivity contribution in [2.24, 2.45) is 5.92 Å². The molecule has 1 rings (SSSR count). The molecule has 0 radical (unpaired) electrons. The van der Waals surface area contributed by atoms with Crippen LogP contribution < -0.4 is 0 Å². The van der Waals surface area contributed by atoms with Gasteiger partial charge in [0.15, 0.2) is 0 Å². The third-order valence-electron chi connectivity index (χ3n) is 1.01. The minimum absolute atomic E-state index is 1.02. The maximum absolute atomic E-state index is 2.48. The maximum Gasteiger partial charge on any atom is 0.0138 e. The lowest BCUT2D eigenvalue weighted by atomic mass is 10.5. The highest BCUT2D eigenvalue weighted by Gasteiger charge is 2.28. The SMILES string of the molecule is CC1CC1I. The van der Waals surface area contributed by atoms with Crippen LogP contribution in [0.4, 0.5) is 0 Å². The van der Waals surface area contributed by atoms with Gasteiger partial charge in [-0.1, -0.05) is 29.5 Å². The van der Waals surface area contributed by atoms with E-state index >= 15 is 0 Å². The molecule has 2 atom stereocenters. The summed E-state index contributed by atoms with van der Waals surface area (Å²) < 4.78 is 1.02. The van der Waals surface area contributed by atoms with Gasteiger partial charge in [0.1, 0.15) is 0 Å². The van der Waals surface area contributed by atoms with Crippen molar-refractivity contribution in [2.75, 3.05) is 0 Å². The topological polar surface area (TPSA) is 0 Å². The standard InChI is InChI=1S/C4H7I/c1-3-2-4(3)5/h3-4H,2H2,1H3. The minimum atomic E-state index is 1.02. The molecule has 1 aliphatic carbocycles. The van der Waals surface area contributed by atoms with E-state index in [9.17, 15) is 0 Å². The van der Waals surface area contributed by atoms with Crippen molar-refractivity contribution >= 4 is 22.6 Å². The Morgan fingerprint density at radius 2 is 2.00 bits per heavy atom. The summed E-state index contributed by atoms with van der Waals surface area (Å²) in [5.41, 5.74) is 0. The fraction of sp³-hybridized carbons (Fsp3) is 1.00. The first-order valence-corrected chi connectivity index (χ1v) is 3.19. The minimum Gasteiger partial charge on any atom is -0.0823 e. The number of rotatable bonds is 0. The summed E-state index contributed by atoms with van der Waals surface area (Å²) in [5.74, 6) is 1.04. The highest BCUT2D eigenvalue weighted by Crippen LogP contribution is 2.36. The Hall–Kier alpha value is 0.730. The van der Waals surface area contributed by atoms with E-state index in [4.69, 9.17) is 0 Å². The lowest BCUT2D eigenvalue weighted by Gasteiger charge is -1.64. The molecule has 0 saturated heterocycles. The number of alkyl halides is 1. The van der Waals surface area contributed by atoms with Crippen molar-refractivity contribution in [3.8, 4) is 0 Å². The van der Waals surface area contributed by atoms with Crippen LogP contribution in [0.2, 0.25) is 0 Å². The third kappa shape index (κ3) is 0.778. The van der Waals surface area contributed by atoms with Crippen LogP contribution in [0.1, 0.15) is 13.3 Å². The van der Waals surface area contributed by atoms with Crippen LogP contribution in [0.15, 0.2) is 0 Å². The average Bonchev–Trinajstić information content (AvgIpc) is 1.79. The molecule has 0 amide bonds. The number of hydrogen-bond acceptors (Lipinski definition) is 0. The maximum atomic E-state index is 2.48. The summed E-state index contributed by atoms with van der Waals surface area (Å²) in [5, 5.41) is 0. The highest BCUT2D eigenvalue weighted by molar-refractivity contribution is 14.1. The van der Waals surface area contributed by atoms with E-state index < -0.39 is 0 Å². The molecule has 1 fully saturated rings. The molecule has 0 aromatic heterocycles. The summed E-state index contributed by atoms with van der Waals surface area (Å²) in [6.45, 7) is 2.29. The normalized spacial score (nSPS) is 49.2. The third-order valence-corrected chi connectivity index (χ3v) is 2.75. The monoisotopic (exact) mass is 182 g/mol. The molecule has 0 aliphatic heterocycles. The van der Waals surface area contributed by atoms with E-state index in [0.717, 1.165) is 9.84 Å². The Labute approximate surface area is 46.1 Å². The predicted molar refractivity (Wildman–Crippen MR) is 31.6 cm³/mol. The van der Waals surface area contributed by atoms with Crippen LogP contribution in [-0.4, -0.2) is 3.92 Å². The van der Waals surface area contributed by atoms with Gasteiger partial charge in [-0.15, -0.1) is 0 Å². The fourth-order valence-electron chi connectivity index (χ4n) is 0.277. The van der Waals surface area contributed by atoms with Crippen molar-refractivity contribution in [1.82, 2.24) is 0 Å². The second-order valence-corrected chi connectivity index (χ2v) is 3.33. The van der Waals surface area contributed by atoms with Gasteiger partial charge in [0.05, 0.1) is 0 Å². The molecule has 30 valence electrons. The van der Waals surface area contributed by atoms with E-state index in [0.29, 0.717) is 0 Å². The first kappa shape index (κ1) is 3.90. The Kier molecular flexibility index (Phi) is 0.860. The molecule has 0 nitrogen and oxygen atoms in total. The molecule has 0 aromatic carbocycles. The molecule has 1 aliphatic rings. The lowest BCUT2D eigenvalue weighted by molar-refractivity contribution is 0.994. The summed E-state index contributed by atoms with van der Waals surface area (Å²) in [6.07, 6.45) is 1.46.